The van der Waals surface area contributed by atoms with Gasteiger partial charge in [-0.2, -0.15) is 0 Å². The van der Waals surface area contributed by atoms with Crippen LogP contribution in [-0.2, 0) is 32.0 Å². The standard InChI is InChI=1S/C23H29N3O4.C15H15NO2.C8H17NO/c1-29-17-16-24-12-14-25(15-13-24)23(28)26(21-6-4-3-5-7-21)18-19-8-10-20(11-9-19)22(27)30-2;1-18-15(17)13-9-7-12(8-10-13)11-16-14-5-3-2-4-6-14;1-10-8-7-9-5-3-2-4-6-9/h3-11H,12-18H2,1-2H3;2-10,16H,11H2,1H3;2-8H2,1H3. The van der Waals surface area contributed by atoms with Gasteiger partial charge in [-0.05, 0) is 85.6 Å². The second-order valence-corrected chi connectivity index (χ2v) is 14.0. The van der Waals surface area contributed by atoms with Gasteiger partial charge < -0.3 is 34.1 Å². The lowest BCUT2D eigenvalue weighted by Crippen LogP contribution is -2.53. The van der Waals surface area contributed by atoms with Crippen molar-refractivity contribution in [3.8, 4) is 0 Å². The summed E-state index contributed by atoms with van der Waals surface area (Å²) in [6.45, 7) is 10.4. The highest BCUT2D eigenvalue weighted by atomic mass is 16.5. The minimum Gasteiger partial charge on any atom is -0.465 e. The Hall–Kier alpha value is -5.27. The minimum absolute atomic E-state index is 0.00960. The maximum Gasteiger partial charge on any atom is 0.337 e. The lowest BCUT2D eigenvalue weighted by Gasteiger charge is -2.37. The molecule has 1 N–H and O–H groups in total. The van der Waals surface area contributed by atoms with Crippen molar-refractivity contribution in [2.45, 2.75) is 32.4 Å². The van der Waals surface area contributed by atoms with Crippen molar-refractivity contribution >= 4 is 29.3 Å². The predicted octanol–water partition coefficient (Wildman–Crippen LogP) is 7.07. The van der Waals surface area contributed by atoms with Crippen molar-refractivity contribution in [2.24, 2.45) is 0 Å². The van der Waals surface area contributed by atoms with Crippen LogP contribution in [0.5, 0.6) is 0 Å². The number of hydrogen-bond acceptors (Lipinski definition) is 10. The van der Waals surface area contributed by atoms with Gasteiger partial charge in [0.2, 0.25) is 0 Å². The summed E-state index contributed by atoms with van der Waals surface area (Å²) in [6, 6.07) is 34.2. The third-order valence-corrected chi connectivity index (χ3v) is 9.97. The Morgan fingerprint density at radius 1 is 0.569 bits per heavy atom. The monoisotopic (exact) mass is 795 g/mol. The molecule has 0 saturated carbocycles. The second-order valence-electron chi connectivity index (χ2n) is 14.0. The van der Waals surface area contributed by atoms with Crippen molar-refractivity contribution in [3.05, 3.63) is 131 Å². The smallest absolute Gasteiger partial charge is 0.337 e. The number of piperazine rings is 1. The van der Waals surface area contributed by atoms with E-state index in [1.807, 2.05) is 89.8 Å². The Morgan fingerprint density at radius 2 is 1.05 bits per heavy atom. The van der Waals surface area contributed by atoms with Crippen LogP contribution in [0.25, 0.3) is 0 Å². The van der Waals surface area contributed by atoms with Gasteiger partial charge in [0.15, 0.2) is 0 Å². The van der Waals surface area contributed by atoms with E-state index in [-0.39, 0.29) is 18.0 Å². The van der Waals surface area contributed by atoms with Gasteiger partial charge in [0.25, 0.3) is 0 Å². The van der Waals surface area contributed by atoms with Gasteiger partial charge >= 0.3 is 18.0 Å². The number of methoxy groups -OCH3 is 4. The first-order chi connectivity index (χ1) is 28.3. The van der Waals surface area contributed by atoms with Gasteiger partial charge in [-0.25, -0.2) is 14.4 Å². The quantitative estimate of drug-likeness (QED) is 0.133. The van der Waals surface area contributed by atoms with E-state index in [2.05, 4.69) is 19.9 Å². The van der Waals surface area contributed by atoms with Crippen LogP contribution in [0.15, 0.2) is 109 Å². The third kappa shape index (κ3) is 15.6. The Bertz CT molecular complexity index is 1750. The van der Waals surface area contributed by atoms with Crippen LogP contribution >= 0.6 is 0 Å². The van der Waals surface area contributed by atoms with Gasteiger partial charge in [-0.1, -0.05) is 67.1 Å². The molecule has 0 spiro atoms. The maximum absolute atomic E-state index is 13.4. The van der Waals surface area contributed by atoms with Crippen LogP contribution in [0.3, 0.4) is 0 Å². The molecule has 2 saturated heterocycles. The number of nitrogens with zero attached hydrogens (tertiary/aromatic N) is 4. The van der Waals surface area contributed by atoms with Gasteiger partial charge in [-0.3, -0.25) is 9.80 Å². The third-order valence-electron chi connectivity index (χ3n) is 9.97. The van der Waals surface area contributed by atoms with Crippen molar-refractivity contribution in [1.29, 1.82) is 0 Å². The fourth-order valence-electron chi connectivity index (χ4n) is 6.52. The lowest BCUT2D eigenvalue weighted by molar-refractivity contribution is 0.0592. The summed E-state index contributed by atoms with van der Waals surface area (Å²) >= 11 is 0. The Kier molecular flexibility index (Phi) is 20.3. The average Bonchev–Trinajstić information content (AvgIpc) is 3.30. The predicted molar refractivity (Wildman–Crippen MR) is 229 cm³/mol. The molecule has 312 valence electrons. The fourth-order valence-corrected chi connectivity index (χ4v) is 6.52. The van der Waals surface area contributed by atoms with Crippen molar-refractivity contribution in [1.82, 2.24) is 14.7 Å². The minimum atomic E-state index is -0.371. The Balaban J connectivity index is 0.000000223. The summed E-state index contributed by atoms with van der Waals surface area (Å²) in [5.41, 5.74) is 5.05. The van der Waals surface area contributed by atoms with E-state index < -0.39 is 0 Å². The molecular formula is C46H61N5O7. The van der Waals surface area contributed by atoms with E-state index in [4.69, 9.17) is 14.2 Å². The maximum atomic E-state index is 13.4. The zero-order chi connectivity index (χ0) is 41.4. The molecule has 0 bridgehead atoms. The molecule has 4 aromatic carbocycles. The van der Waals surface area contributed by atoms with E-state index in [0.29, 0.717) is 37.4 Å². The lowest BCUT2D eigenvalue weighted by atomic mass is 10.1. The number of amides is 2. The molecule has 0 aliphatic carbocycles. The second kappa shape index (κ2) is 25.9. The summed E-state index contributed by atoms with van der Waals surface area (Å²) in [4.78, 5) is 44.8. The van der Waals surface area contributed by atoms with Crippen LogP contribution in [0.2, 0.25) is 0 Å². The molecule has 2 aliphatic heterocycles. The van der Waals surface area contributed by atoms with E-state index in [9.17, 15) is 14.4 Å². The molecule has 12 heteroatoms. The van der Waals surface area contributed by atoms with Gasteiger partial charge in [0.1, 0.15) is 0 Å². The van der Waals surface area contributed by atoms with E-state index in [1.54, 1.807) is 43.4 Å². The van der Waals surface area contributed by atoms with Crippen molar-refractivity contribution in [3.63, 3.8) is 0 Å². The number of esters is 2. The van der Waals surface area contributed by atoms with Gasteiger partial charge in [-0.15, -0.1) is 0 Å². The van der Waals surface area contributed by atoms with Crippen LogP contribution in [0.4, 0.5) is 16.2 Å². The average molecular weight is 796 g/mol. The molecule has 58 heavy (non-hydrogen) atoms. The van der Waals surface area contributed by atoms with E-state index >= 15 is 0 Å². The number of nitrogens with one attached hydrogen (secondary N) is 1. The largest absolute Gasteiger partial charge is 0.465 e. The van der Waals surface area contributed by atoms with Gasteiger partial charge in [0.05, 0.1) is 45.1 Å². The summed E-state index contributed by atoms with van der Waals surface area (Å²) < 4.78 is 19.6. The number of hydrogen-bond donors (Lipinski definition) is 1. The molecule has 12 nitrogen and oxygen atoms in total. The molecule has 2 heterocycles. The molecule has 0 atom stereocenters. The topological polar surface area (TPSA) is 113 Å². The highest BCUT2D eigenvalue weighted by Crippen LogP contribution is 2.21. The number of anilines is 2. The Labute approximate surface area is 344 Å². The molecule has 4 aromatic rings. The van der Waals surface area contributed by atoms with Crippen molar-refractivity contribution in [2.75, 3.05) is 104 Å². The number of carbonyl (C=O) groups excluding carboxylic acids is 3. The van der Waals surface area contributed by atoms with Crippen molar-refractivity contribution < 1.29 is 33.3 Å². The van der Waals surface area contributed by atoms with Crippen LogP contribution < -0.4 is 10.2 Å². The summed E-state index contributed by atoms with van der Waals surface area (Å²) in [6.07, 6.45) is 4.18. The zero-order valence-corrected chi connectivity index (χ0v) is 34.6. The molecule has 0 unspecified atom stereocenters. The van der Waals surface area contributed by atoms with E-state index in [0.717, 1.165) is 61.8 Å². The highest BCUT2D eigenvalue weighted by Gasteiger charge is 2.26. The van der Waals surface area contributed by atoms with E-state index in [1.165, 1.54) is 46.6 Å². The summed E-state index contributed by atoms with van der Waals surface area (Å²) in [7, 11) is 6.22. The molecule has 2 amide bonds. The number of carbonyl (C=O) groups is 3. The number of benzene rings is 4. The summed E-state index contributed by atoms with van der Waals surface area (Å²) in [5.74, 6) is -0.679. The summed E-state index contributed by atoms with van der Waals surface area (Å²) in [5, 5.41) is 3.31. The normalized spacial score (nSPS) is 14.2. The molecule has 0 radical (unpaired) electrons. The first kappa shape index (κ1) is 45.4. The number of para-hydroxylation sites is 2. The molecule has 6 rings (SSSR count). The fraction of sp³-hybridized carbons (Fsp3) is 0.413. The van der Waals surface area contributed by atoms with Crippen LogP contribution in [-0.4, -0.2) is 127 Å². The number of ether oxygens (including phenoxy) is 4. The van der Waals surface area contributed by atoms with Crippen LogP contribution in [0.1, 0.15) is 51.1 Å². The Morgan fingerprint density at radius 3 is 1.55 bits per heavy atom. The number of likely N-dealkylation sites (tertiary alicyclic amines) is 1. The number of piperidine rings is 1. The van der Waals surface area contributed by atoms with Crippen LogP contribution in [0, 0.1) is 0 Å². The SMILES string of the molecule is COC(=O)c1ccc(CNc2ccccc2)cc1.COCCN1CCCCC1.COCCN1CCN(C(=O)N(Cc2ccc(C(=O)OC)cc2)c2ccccc2)CC1. The van der Waals surface area contributed by atoms with Gasteiger partial charge in [0, 0.05) is 71.4 Å². The number of rotatable bonds is 14. The highest BCUT2D eigenvalue weighted by molar-refractivity contribution is 5.92. The molecular weight excluding hydrogens is 735 g/mol. The molecule has 0 aromatic heterocycles. The first-order valence-corrected chi connectivity index (χ1v) is 20.0. The first-order valence-electron chi connectivity index (χ1n) is 20.0. The molecule has 2 aliphatic rings. The zero-order valence-electron chi connectivity index (χ0n) is 34.6. The molecule has 2 fully saturated rings. The number of urea groups is 1.